The first-order chi connectivity index (χ1) is 6.02. The molecule has 0 spiro atoms. The van der Waals surface area contributed by atoms with E-state index in [1.807, 2.05) is 13.8 Å². The molecule has 0 fully saturated rings. The van der Waals surface area contributed by atoms with E-state index in [9.17, 15) is 4.79 Å². The Morgan fingerprint density at radius 3 is 2.54 bits per heavy atom. The standard InChI is InChI=1S/C9H13N3O/c1-5(2)9-11-4-7(8(10)13)6(3)12-9/h4-5H,1-3H3,(H2,10,13). The third-order valence-corrected chi connectivity index (χ3v) is 1.78. The van der Waals surface area contributed by atoms with Crippen LogP contribution in [0.2, 0.25) is 0 Å². The Morgan fingerprint density at radius 2 is 2.15 bits per heavy atom. The Balaban J connectivity index is 3.13. The lowest BCUT2D eigenvalue weighted by molar-refractivity contribution is 0.0999. The van der Waals surface area contributed by atoms with Gasteiger partial charge in [-0.15, -0.1) is 0 Å². The Labute approximate surface area is 77.2 Å². The highest BCUT2D eigenvalue weighted by molar-refractivity contribution is 5.93. The largest absolute Gasteiger partial charge is 0.365 e. The molecular formula is C9H13N3O. The number of aryl methyl sites for hydroxylation is 1. The Hall–Kier alpha value is -1.45. The minimum atomic E-state index is -0.479. The highest BCUT2D eigenvalue weighted by Gasteiger charge is 2.09. The van der Waals surface area contributed by atoms with Crippen LogP contribution in [-0.4, -0.2) is 15.9 Å². The lowest BCUT2D eigenvalue weighted by atomic mass is 10.2. The van der Waals surface area contributed by atoms with Gasteiger partial charge in [0.15, 0.2) is 0 Å². The molecule has 70 valence electrons. The van der Waals surface area contributed by atoms with E-state index >= 15 is 0 Å². The van der Waals surface area contributed by atoms with Crippen molar-refractivity contribution < 1.29 is 4.79 Å². The molecule has 0 aliphatic heterocycles. The van der Waals surface area contributed by atoms with E-state index < -0.39 is 5.91 Å². The minimum absolute atomic E-state index is 0.264. The molecule has 1 rings (SSSR count). The number of nitrogens with zero attached hydrogens (tertiary/aromatic N) is 2. The van der Waals surface area contributed by atoms with Gasteiger partial charge in [-0.1, -0.05) is 13.8 Å². The summed E-state index contributed by atoms with van der Waals surface area (Å²) in [7, 11) is 0. The van der Waals surface area contributed by atoms with E-state index in [2.05, 4.69) is 9.97 Å². The van der Waals surface area contributed by atoms with Crippen LogP contribution < -0.4 is 5.73 Å². The van der Waals surface area contributed by atoms with Gasteiger partial charge in [0.05, 0.1) is 11.3 Å². The number of aromatic nitrogens is 2. The molecule has 2 N–H and O–H groups in total. The number of rotatable bonds is 2. The third kappa shape index (κ3) is 2.02. The fourth-order valence-electron chi connectivity index (χ4n) is 1.01. The second kappa shape index (κ2) is 3.51. The van der Waals surface area contributed by atoms with Crippen molar-refractivity contribution in [3.8, 4) is 0 Å². The molecule has 0 bridgehead atoms. The highest BCUT2D eigenvalue weighted by atomic mass is 16.1. The van der Waals surface area contributed by atoms with Gasteiger partial charge in [0.1, 0.15) is 5.82 Å². The number of carbonyl (C=O) groups is 1. The maximum atomic E-state index is 10.8. The van der Waals surface area contributed by atoms with E-state index in [4.69, 9.17) is 5.73 Å². The van der Waals surface area contributed by atoms with Crippen LogP contribution in [-0.2, 0) is 0 Å². The molecule has 0 saturated heterocycles. The molecule has 13 heavy (non-hydrogen) atoms. The van der Waals surface area contributed by atoms with Crippen LogP contribution in [0.4, 0.5) is 0 Å². The van der Waals surface area contributed by atoms with Crippen molar-refractivity contribution in [1.29, 1.82) is 0 Å². The number of hydrogen-bond donors (Lipinski definition) is 1. The minimum Gasteiger partial charge on any atom is -0.365 e. The van der Waals surface area contributed by atoms with Crippen LogP contribution in [0.25, 0.3) is 0 Å². The van der Waals surface area contributed by atoms with Gasteiger partial charge < -0.3 is 5.73 Å². The van der Waals surface area contributed by atoms with Crippen molar-refractivity contribution >= 4 is 5.91 Å². The maximum Gasteiger partial charge on any atom is 0.252 e. The van der Waals surface area contributed by atoms with Crippen LogP contribution in [0.15, 0.2) is 6.20 Å². The Morgan fingerprint density at radius 1 is 1.54 bits per heavy atom. The number of amides is 1. The van der Waals surface area contributed by atoms with Gasteiger partial charge in [-0.25, -0.2) is 9.97 Å². The quantitative estimate of drug-likeness (QED) is 0.736. The Bertz CT molecular complexity index is 334. The number of carbonyl (C=O) groups excluding carboxylic acids is 1. The topological polar surface area (TPSA) is 68.9 Å². The summed E-state index contributed by atoms with van der Waals surface area (Å²) in [4.78, 5) is 19.1. The van der Waals surface area contributed by atoms with Gasteiger partial charge in [0, 0.05) is 12.1 Å². The molecule has 4 nitrogen and oxygen atoms in total. The molecule has 0 aliphatic carbocycles. The van der Waals surface area contributed by atoms with Crippen molar-refractivity contribution in [2.24, 2.45) is 5.73 Å². The lowest BCUT2D eigenvalue weighted by Gasteiger charge is -2.05. The molecule has 0 atom stereocenters. The van der Waals surface area contributed by atoms with E-state index in [0.29, 0.717) is 11.3 Å². The second-order valence-corrected chi connectivity index (χ2v) is 3.25. The smallest absolute Gasteiger partial charge is 0.252 e. The summed E-state index contributed by atoms with van der Waals surface area (Å²) >= 11 is 0. The average Bonchev–Trinajstić information content (AvgIpc) is 2.03. The summed E-state index contributed by atoms with van der Waals surface area (Å²) in [5.74, 6) is 0.524. The summed E-state index contributed by atoms with van der Waals surface area (Å²) in [6.07, 6.45) is 1.49. The first-order valence-corrected chi connectivity index (χ1v) is 4.15. The molecular weight excluding hydrogens is 166 g/mol. The predicted molar refractivity (Wildman–Crippen MR) is 49.4 cm³/mol. The summed E-state index contributed by atoms with van der Waals surface area (Å²) in [6, 6.07) is 0. The molecule has 1 heterocycles. The predicted octanol–water partition coefficient (Wildman–Crippen LogP) is 1.01. The van der Waals surface area contributed by atoms with Crippen molar-refractivity contribution in [3.05, 3.63) is 23.3 Å². The summed E-state index contributed by atoms with van der Waals surface area (Å²) in [5.41, 5.74) is 6.16. The van der Waals surface area contributed by atoms with Crippen LogP contribution in [0, 0.1) is 6.92 Å². The molecule has 0 unspecified atom stereocenters. The molecule has 1 aromatic rings. The monoisotopic (exact) mass is 179 g/mol. The molecule has 0 aromatic carbocycles. The zero-order chi connectivity index (χ0) is 10.0. The van der Waals surface area contributed by atoms with E-state index in [-0.39, 0.29) is 5.92 Å². The fourth-order valence-corrected chi connectivity index (χ4v) is 1.01. The van der Waals surface area contributed by atoms with Crippen molar-refractivity contribution in [1.82, 2.24) is 9.97 Å². The van der Waals surface area contributed by atoms with E-state index in [0.717, 1.165) is 5.82 Å². The van der Waals surface area contributed by atoms with Crippen LogP contribution in [0.1, 0.15) is 41.6 Å². The number of hydrogen-bond acceptors (Lipinski definition) is 3. The summed E-state index contributed by atoms with van der Waals surface area (Å²) in [6.45, 7) is 5.76. The van der Waals surface area contributed by atoms with Gasteiger partial charge in [-0.2, -0.15) is 0 Å². The molecule has 4 heteroatoms. The van der Waals surface area contributed by atoms with Crippen molar-refractivity contribution in [3.63, 3.8) is 0 Å². The number of primary amides is 1. The normalized spacial score (nSPS) is 10.5. The van der Waals surface area contributed by atoms with Gasteiger partial charge in [0.25, 0.3) is 5.91 Å². The lowest BCUT2D eigenvalue weighted by Crippen LogP contribution is -2.15. The number of nitrogens with two attached hydrogens (primary N) is 1. The maximum absolute atomic E-state index is 10.8. The van der Waals surface area contributed by atoms with Gasteiger partial charge >= 0.3 is 0 Å². The van der Waals surface area contributed by atoms with E-state index in [1.54, 1.807) is 6.92 Å². The zero-order valence-electron chi connectivity index (χ0n) is 8.03. The van der Waals surface area contributed by atoms with Gasteiger partial charge in [-0.05, 0) is 6.92 Å². The SMILES string of the molecule is Cc1nc(C(C)C)ncc1C(N)=O. The summed E-state index contributed by atoms with van der Waals surface area (Å²) < 4.78 is 0. The third-order valence-electron chi connectivity index (χ3n) is 1.78. The summed E-state index contributed by atoms with van der Waals surface area (Å²) in [5, 5.41) is 0. The van der Waals surface area contributed by atoms with E-state index in [1.165, 1.54) is 6.20 Å². The van der Waals surface area contributed by atoms with Crippen LogP contribution in [0.5, 0.6) is 0 Å². The van der Waals surface area contributed by atoms with Gasteiger partial charge in [-0.3, -0.25) is 4.79 Å². The average molecular weight is 179 g/mol. The highest BCUT2D eigenvalue weighted by Crippen LogP contribution is 2.10. The molecule has 1 aromatic heterocycles. The van der Waals surface area contributed by atoms with Gasteiger partial charge in [0.2, 0.25) is 0 Å². The molecule has 0 radical (unpaired) electrons. The van der Waals surface area contributed by atoms with Crippen molar-refractivity contribution in [2.75, 3.05) is 0 Å². The Kier molecular flexibility index (Phi) is 2.60. The molecule has 0 aliphatic rings. The molecule has 0 saturated carbocycles. The molecule has 1 amide bonds. The first-order valence-electron chi connectivity index (χ1n) is 4.15. The first kappa shape index (κ1) is 9.64. The van der Waals surface area contributed by atoms with Crippen LogP contribution >= 0.6 is 0 Å². The van der Waals surface area contributed by atoms with Crippen LogP contribution in [0.3, 0.4) is 0 Å². The second-order valence-electron chi connectivity index (χ2n) is 3.25. The fraction of sp³-hybridized carbons (Fsp3) is 0.444. The zero-order valence-corrected chi connectivity index (χ0v) is 8.03. The van der Waals surface area contributed by atoms with Crippen molar-refractivity contribution in [2.45, 2.75) is 26.7 Å².